The fourth-order valence-electron chi connectivity index (χ4n) is 4.32. The predicted molar refractivity (Wildman–Crippen MR) is 134 cm³/mol. The van der Waals surface area contributed by atoms with Crippen molar-refractivity contribution in [3.63, 3.8) is 0 Å². The number of hydrogen-bond donors (Lipinski definition) is 2. The number of piperazine rings is 1. The van der Waals surface area contributed by atoms with Crippen LogP contribution in [0.15, 0.2) is 66.7 Å². The molecule has 0 aromatic heterocycles. The summed E-state index contributed by atoms with van der Waals surface area (Å²) in [5.41, 5.74) is 2.41. The van der Waals surface area contributed by atoms with Gasteiger partial charge in [-0.05, 0) is 54.1 Å². The van der Waals surface area contributed by atoms with Crippen LogP contribution in [0.25, 0.3) is 0 Å². The van der Waals surface area contributed by atoms with Gasteiger partial charge in [0.2, 0.25) is 12.7 Å². The van der Waals surface area contributed by atoms with E-state index >= 15 is 0 Å². The first-order valence-electron chi connectivity index (χ1n) is 11.8. The summed E-state index contributed by atoms with van der Waals surface area (Å²) in [6.45, 7) is 4.55. The minimum Gasteiger partial charge on any atom is -0.454 e. The third kappa shape index (κ3) is 5.81. The molecule has 2 amide bonds. The number of nitrogens with zero attached hydrogens (tertiary/aromatic N) is 2. The Bertz CT molecular complexity index is 1240. The molecule has 186 valence electrons. The predicted octanol–water partition coefficient (Wildman–Crippen LogP) is 3.56. The highest BCUT2D eigenvalue weighted by atomic mass is 19.1. The van der Waals surface area contributed by atoms with E-state index in [-0.39, 0.29) is 31.0 Å². The first-order chi connectivity index (χ1) is 17.5. The van der Waals surface area contributed by atoms with Crippen molar-refractivity contribution in [2.24, 2.45) is 0 Å². The summed E-state index contributed by atoms with van der Waals surface area (Å²) in [5.74, 6) is 0.629. The van der Waals surface area contributed by atoms with Gasteiger partial charge in [-0.2, -0.15) is 0 Å². The number of amides is 2. The lowest BCUT2D eigenvalue weighted by Gasteiger charge is -2.34. The summed E-state index contributed by atoms with van der Waals surface area (Å²) in [5, 5.41) is 5.60. The summed E-state index contributed by atoms with van der Waals surface area (Å²) >= 11 is 0. The van der Waals surface area contributed by atoms with E-state index in [1.54, 1.807) is 24.3 Å². The topological polar surface area (TPSA) is 83.1 Å². The number of hydrogen-bond acceptors (Lipinski definition) is 6. The Morgan fingerprint density at radius 2 is 1.56 bits per heavy atom. The molecule has 0 spiro atoms. The maximum atomic E-state index is 13.1. The van der Waals surface area contributed by atoms with Crippen LogP contribution in [0.3, 0.4) is 0 Å². The number of para-hydroxylation sites is 1. The maximum absolute atomic E-state index is 13.1. The summed E-state index contributed by atoms with van der Waals surface area (Å²) in [7, 11) is 0. The molecule has 2 aliphatic heterocycles. The lowest BCUT2D eigenvalue weighted by molar-refractivity contribution is -0.117. The highest BCUT2D eigenvalue weighted by Crippen LogP contribution is 2.32. The smallest absolute Gasteiger partial charge is 0.257 e. The van der Waals surface area contributed by atoms with Crippen molar-refractivity contribution in [1.82, 2.24) is 9.80 Å². The van der Waals surface area contributed by atoms with Gasteiger partial charge in [-0.3, -0.25) is 19.4 Å². The van der Waals surface area contributed by atoms with Gasteiger partial charge in [-0.1, -0.05) is 18.2 Å². The van der Waals surface area contributed by atoms with Crippen molar-refractivity contribution >= 4 is 23.2 Å². The zero-order valence-corrected chi connectivity index (χ0v) is 19.7. The van der Waals surface area contributed by atoms with Crippen molar-refractivity contribution in [3.8, 4) is 11.5 Å². The van der Waals surface area contributed by atoms with Crippen molar-refractivity contribution in [3.05, 3.63) is 83.7 Å². The Labute approximate surface area is 208 Å². The summed E-state index contributed by atoms with van der Waals surface area (Å²) in [6, 6.07) is 18.4. The fraction of sp³-hybridized carbons (Fsp3) is 0.259. The van der Waals surface area contributed by atoms with Crippen LogP contribution in [0.1, 0.15) is 15.9 Å². The van der Waals surface area contributed by atoms with Crippen molar-refractivity contribution in [2.45, 2.75) is 6.54 Å². The average Bonchev–Trinajstić information content (AvgIpc) is 3.35. The number of carbonyl (C=O) groups is 2. The average molecular weight is 491 g/mol. The second-order valence-electron chi connectivity index (χ2n) is 8.79. The summed E-state index contributed by atoms with van der Waals surface area (Å²) < 4.78 is 24.0. The second kappa shape index (κ2) is 10.8. The number of nitrogens with one attached hydrogen (secondary N) is 2. The zero-order chi connectivity index (χ0) is 24.9. The zero-order valence-electron chi connectivity index (χ0n) is 19.7. The van der Waals surface area contributed by atoms with Crippen LogP contribution in [-0.4, -0.2) is 61.1 Å². The van der Waals surface area contributed by atoms with Crippen molar-refractivity contribution in [2.75, 3.05) is 50.2 Å². The van der Waals surface area contributed by atoms with Gasteiger partial charge in [0.1, 0.15) is 5.82 Å². The minimum atomic E-state index is -0.380. The third-order valence-corrected chi connectivity index (χ3v) is 6.22. The Morgan fingerprint density at radius 3 is 2.36 bits per heavy atom. The van der Waals surface area contributed by atoms with Gasteiger partial charge >= 0.3 is 0 Å². The van der Waals surface area contributed by atoms with Gasteiger partial charge < -0.3 is 20.1 Å². The second-order valence-corrected chi connectivity index (χ2v) is 8.79. The van der Waals surface area contributed by atoms with E-state index in [4.69, 9.17) is 9.47 Å². The standard InChI is InChI=1S/C27H27FN4O4/c28-20-6-8-21(9-7-20)29-27(34)22-3-1-2-4-23(22)30-26(33)17-32-13-11-31(12-14-32)16-19-5-10-24-25(15-19)36-18-35-24/h1-10,15H,11-14,16-18H2,(H,29,34)(H,30,33). The first kappa shape index (κ1) is 23.8. The maximum Gasteiger partial charge on any atom is 0.257 e. The van der Waals surface area contributed by atoms with E-state index in [9.17, 15) is 14.0 Å². The molecular weight excluding hydrogens is 463 g/mol. The molecule has 0 saturated carbocycles. The van der Waals surface area contributed by atoms with Crippen LogP contribution in [-0.2, 0) is 11.3 Å². The molecule has 5 rings (SSSR count). The molecule has 0 radical (unpaired) electrons. The quantitative estimate of drug-likeness (QED) is 0.527. The highest BCUT2D eigenvalue weighted by molar-refractivity contribution is 6.10. The number of carbonyl (C=O) groups excluding carboxylic acids is 2. The van der Waals surface area contributed by atoms with E-state index in [1.807, 2.05) is 12.1 Å². The Morgan fingerprint density at radius 1 is 0.833 bits per heavy atom. The lowest BCUT2D eigenvalue weighted by Crippen LogP contribution is -2.48. The van der Waals surface area contributed by atoms with Gasteiger partial charge in [0.05, 0.1) is 17.8 Å². The normalized spacial score (nSPS) is 15.5. The van der Waals surface area contributed by atoms with Gasteiger partial charge in [0.25, 0.3) is 5.91 Å². The molecule has 1 saturated heterocycles. The molecule has 0 aliphatic carbocycles. The van der Waals surface area contributed by atoms with Gasteiger partial charge in [-0.25, -0.2) is 4.39 Å². The molecule has 8 nitrogen and oxygen atoms in total. The number of ether oxygens (including phenoxy) is 2. The molecule has 2 N–H and O–H groups in total. The lowest BCUT2D eigenvalue weighted by atomic mass is 10.1. The molecule has 0 atom stereocenters. The van der Waals surface area contributed by atoms with Gasteiger partial charge in [0.15, 0.2) is 11.5 Å². The SMILES string of the molecule is O=C(CN1CCN(Cc2ccc3c(c2)OCO3)CC1)Nc1ccccc1C(=O)Nc1ccc(F)cc1. The van der Waals surface area contributed by atoms with Crippen LogP contribution in [0.4, 0.5) is 15.8 Å². The number of anilines is 2. The highest BCUT2D eigenvalue weighted by Gasteiger charge is 2.21. The monoisotopic (exact) mass is 490 g/mol. The fourth-order valence-corrected chi connectivity index (χ4v) is 4.32. The number of benzene rings is 3. The molecule has 1 fully saturated rings. The molecule has 36 heavy (non-hydrogen) atoms. The summed E-state index contributed by atoms with van der Waals surface area (Å²) in [6.07, 6.45) is 0. The van der Waals surface area contributed by atoms with Gasteiger partial charge in [-0.15, -0.1) is 0 Å². The van der Waals surface area contributed by atoms with E-state index < -0.39 is 0 Å². The van der Waals surface area contributed by atoms with Crippen LogP contribution >= 0.6 is 0 Å². The molecule has 0 bridgehead atoms. The molecule has 2 aliphatic rings. The molecule has 3 aromatic carbocycles. The van der Waals surface area contributed by atoms with Crippen LogP contribution in [0.5, 0.6) is 11.5 Å². The van der Waals surface area contributed by atoms with Crippen LogP contribution < -0.4 is 20.1 Å². The molecule has 0 unspecified atom stereocenters. The van der Waals surface area contributed by atoms with Gasteiger partial charge in [0, 0.05) is 38.4 Å². The first-order valence-corrected chi connectivity index (χ1v) is 11.8. The van der Waals surface area contributed by atoms with E-state index in [0.29, 0.717) is 16.9 Å². The Hall–Kier alpha value is -3.95. The third-order valence-electron chi connectivity index (χ3n) is 6.22. The van der Waals surface area contributed by atoms with E-state index in [1.165, 1.54) is 29.8 Å². The number of fused-ring (bicyclic) bond motifs is 1. The van der Waals surface area contributed by atoms with E-state index in [0.717, 1.165) is 44.2 Å². The molecule has 2 heterocycles. The van der Waals surface area contributed by atoms with Crippen molar-refractivity contribution < 1.29 is 23.5 Å². The minimum absolute atomic E-state index is 0.179. The number of halogens is 1. The van der Waals surface area contributed by atoms with E-state index in [2.05, 4.69) is 26.5 Å². The van der Waals surface area contributed by atoms with Crippen LogP contribution in [0.2, 0.25) is 0 Å². The largest absolute Gasteiger partial charge is 0.454 e. The molecular formula is C27H27FN4O4. The van der Waals surface area contributed by atoms with Crippen molar-refractivity contribution in [1.29, 1.82) is 0 Å². The van der Waals surface area contributed by atoms with Crippen LogP contribution in [0, 0.1) is 5.82 Å². The molecule has 9 heteroatoms. The molecule has 3 aromatic rings. The Kier molecular flexibility index (Phi) is 7.11. The number of rotatable bonds is 7. The Balaban J connectivity index is 1.12. The summed E-state index contributed by atoms with van der Waals surface area (Å²) in [4.78, 5) is 30.0.